The van der Waals surface area contributed by atoms with Gasteiger partial charge in [0.25, 0.3) is 5.91 Å². The number of hydrogen-bond acceptors (Lipinski definition) is 2. The maximum absolute atomic E-state index is 13.1. The number of ether oxygens (including phenoxy) is 1. The van der Waals surface area contributed by atoms with E-state index < -0.39 is 0 Å². The summed E-state index contributed by atoms with van der Waals surface area (Å²) in [5.74, 6) is -0.463. The number of carbonyl (C=O) groups excluding carboxylic acids is 1. The molecule has 3 nitrogen and oxygen atoms in total. The fourth-order valence-electron chi connectivity index (χ4n) is 2.73. The van der Waals surface area contributed by atoms with Crippen LogP contribution in [0.5, 0.6) is 0 Å². The van der Waals surface area contributed by atoms with Gasteiger partial charge in [-0.05, 0) is 44.0 Å². The second-order valence-corrected chi connectivity index (χ2v) is 5.99. The van der Waals surface area contributed by atoms with Crippen LogP contribution in [-0.4, -0.2) is 24.7 Å². The molecule has 0 bridgehead atoms. The lowest BCUT2D eigenvalue weighted by Crippen LogP contribution is -2.62. The van der Waals surface area contributed by atoms with Crippen LogP contribution in [0.2, 0.25) is 0 Å². The number of benzene rings is 1. The fourth-order valence-corrected chi connectivity index (χ4v) is 2.73. The maximum atomic E-state index is 13.1. The van der Waals surface area contributed by atoms with Crippen molar-refractivity contribution in [1.29, 1.82) is 0 Å². The summed E-state index contributed by atoms with van der Waals surface area (Å²) >= 11 is 0. The zero-order chi connectivity index (χ0) is 14.9. The van der Waals surface area contributed by atoms with Gasteiger partial charge in [-0.25, -0.2) is 4.39 Å². The highest BCUT2D eigenvalue weighted by atomic mass is 19.1. The summed E-state index contributed by atoms with van der Waals surface area (Å²) in [5.41, 5.74) is 1.11. The van der Waals surface area contributed by atoms with Gasteiger partial charge in [-0.1, -0.05) is 13.8 Å². The smallest absolute Gasteiger partial charge is 0.251 e. The first-order valence-electron chi connectivity index (χ1n) is 7.05. The van der Waals surface area contributed by atoms with Crippen molar-refractivity contribution in [2.75, 3.05) is 6.61 Å². The summed E-state index contributed by atoms with van der Waals surface area (Å²) in [6, 6.07) is 4.32. The lowest BCUT2D eigenvalue weighted by atomic mass is 9.64. The summed E-state index contributed by atoms with van der Waals surface area (Å²) in [6.07, 6.45) is 1.01. The van der Waals surface area contributed by atoms with Gasteiger partial charge in [0, 0.05) is 23.6 Å². The Labute approximate surface area is 119 Å². The van der Waals surface area contributed by atoms with E-state index in [-0.39, 0.29) is 29.3 Å². The highest BCUT2D eigenvalue weighted by Crippen LogP contribution is 2.42. The second-order valence-electron chi connectivity index (χ2n) is 5.99. The summed E-state index contributed by atoms with van der Waals surface area (Å²) in [4.78, 5) is 12.3. The molecule has 1 aromatic rings. The fraction of sp³-hybridized carbons (Fsp3) is 0.562. The van der Waals surface area contributed by atoms with Crippen LogP contribution in [-0.2, 0) is 4.74 Å². The van der Waals surface area contributed by atoms with Gasteiger partial charge in [0.15, 0.2) is 0 Å². The summed E-state index contributed by atoms with van der Waals surface area (Å²) in [7, 11) is 0. The monoisotopic (exact) mass is 279 g/mol. The minimum Gasteiger partial charge on any atom is -0.378 e. The lowest BCUT2D eigenvalue weighted by molar-refractivity contribution is -0.111. The number of carbonyl (C=O) groups is 1. The minimum atomic E-state index is -0.320. The van der Waals surface area contributed by atoms with E-state index in [9.17, 15) is 9.18 Å². The first-order valence-corrected chi connectivity index (χ1v) is 7.05. The van der Waals surface area contributed by atoms with Gasteiger partial charge >= 0.3 is 0 Å². The molecule has 0 aromatic heterocycles. The number of amides is 1. The molecule has 2 rings (SSSR count). The average Bonchev–Trinajstić information content (AvgIpc) is 2.37. The molecule has 1 aliphatic carbocycles. The van der Waals surface area contributed by atoms with Gasteiger partial charge in [-0.2, -0.15) is 0 Å². The molecule has 2 unspecified atom stereocenters. The molecule has 1 amide bonds. The Morgan fingerprint density at radius 3 is 2.75 bits per heavy atom. The molecule has 110 valence electrons. The van der Waals surface area contributed by atoms with Crippen LogP contribution in [0.15, 0.2) is 18.2 Å². The molecule has 20 heavy (non-hydrogen) atoms. The molecule has 1 saturated carbocycles. The number of nitrogens with one attached hydrogen (secondary N) is 1. The third-order valence-electron chi connectivity index (χ3n) is 4.28. The highest BCUT2D eigenvalue weighted by Gasteiger charge is 2.49. The Balaban J connectivity index is 2.03. The molecular weight excluding hydrogens is 257 g/mol. The Morgan fingerprint density at radius 2 is 2.20 bits per heavy atom. The Morgan fingerprint density at radius 1 is 1.50 bits per heavy atom. The molecule has 1 aliphatic rings. The Bertz CT molecular complexity index is 513. The van der Waals surface area contributed by atoms with E-state index in [1.807, 2.05) is 6.92 Å². The second kappa shape index (κ2) is 5.52. The maximum Gasteiger partial charge on any atom is 0.251 e. The lowest BCUT2D eigenvalue weighted by Gasteiger charge is -2.51. The summed E-state index contributed by atoms with van der Waals surface area (Å²) in [6.45, 7) is 8.60. The van der Waals surface area contributed by atoms with Crippen molar-refractivity contribution in [1.82, 2.24) is 5.32 Å². The highest BCUT2D eigenvalue weighted by molar-refractivity contribution is 5.95. The van der Waals surface area contributed by atoms with Crippen molar-refractivity contribution < 1.29 is 13.9 Å². The van der Waals surface area contributed by atoms with E-state index in [1.165, 1.54) is 18.2 Å². The molecule has 0 heterocycles. The largest absolute Gasteiger partial charge is 0.378 e. The molecule has 2 atom stereocenters. The molecule has 1 aromatic carbocycles. The van der Waals surface area contributed by atoms with Crippen LogP contribution in [0.4, 0.5) is 4.39 Å². The number of rotatable bonds is 4. The van der Waals surface area contributed by atoms with E-state index in [0.29, 0.717) is 17.7 Å². The number of aryl methyl sites for hydroxylation is 1. The zero-order valence-electron chi connectivity index (χ0n) is 12.5. The predicted molar refractivity (Wildman–Crippen MR) is 76.2 cm³/mol. The van der Waals surface area contributed by atoms with Gasteiger partial charge < -0.3 is 10.1 Å². The molecule has 0 radical (unpaired) electrons. The first-order chi connectivity index (χ1) is 9.36. The van der Waals surface area contributed by atoms with Gasteiger partial charge in [-0.3, -0.25) is 4.79 Å². The number of hydrogen-bond donors (Lipinski definition) is 1. The quantitative estimate of drug-likeness (QED) is 0.920. The molecule has 4 heteroatoms. The standard InChI is InChI=1S/C16H22FNO2/c1-5-20-14-9-13(16(14,3)4)18-15(19)12-7-6-11(17)8-10(12)2/h6-8,13-14H,5,9H2,1-4H3,(H,18,19). The van der Waals surface area contributed by atoms with Crippen molar-refractivity contribution >= 4 is 5.91 Å². The third-order valence-corrected chi connectivity index (χ3v) is 4.28. The molecule has 1 N–H and O–H groups in total. The van der Waals surface area contributed by atoms with Crippen LogP contribution in [0.3, 0.4) is 0 Å². The predicted octanol–water partition coefficient (Wildman–Crippen LogP) is 3.07. The van der Waals surface area contributed by atoms with Crippen molar-refractivity contribution in [3.63, 3.8) is 0 Å². The van der Waals surface area contributed by atoms with Crippen molar-refractivity contribution in [2.24, 2.45) is 5.41 Å². The summed E-state index contributed by atoms with van der Waals surface area (Å²) in [5, 5.41) is 3.03. The molecule has 0 aliphatic heterocycles. The van der Waals surface area contributed by atoms with Crippen molar-refractivity contribution in [3.8, 4) is 0 Å². The van der Waals surface area contributed by atoms with Crippen LogP contribution < -0.4 is 5.32 Å². The number of halogens is 1. The molecule has 0 spiro atoms. The van der Waals surface area contributed by atoms with Gasteiger partial charge in [0.05, 0.1) is 6.10 Å². The molecule has 1 fully saturated rings. The summed E-state index contributed by atoms with van der Waals surface area (Å²) < 4.78 is 18.7. The van der Waals surface area contributed by atoms with E-state index in [4.69, 9.17) is 4.74 Å². The minimum absolute atomic E-state index is 0.0698. The molecular formula is C16H22FNO2. The Kier molecular flexibility index (Phi) is 4.14. The van der Waals surface area contributed by atoms with E-state index in [2.05, 4.69) is 19.2 Å². The normalized spacial score (nSPS) is 24.1. The van der Waals surface area contributed by atoms with Crippen LogP contribution in [0.1, 0.15) is 43.1 Å². The van der Waals surface area contributed by atoms with Gasteiger partial charge in [0.1, 0.15) is 5.82 Å². The van der Waals surface area contributed by atoms with Crippen LogP contribution in [0, 0.1) is 18.2 Å². The van der Waals surface area contributed by atoms with Crippen molar-refractivity contribution in [3.05, 3.63) is 35.1 Å². The zero-order valence-corrected chi connectivity index (χ0v) is 12.5. The van der Waals surface area contributed by atoms with E-state index >= 15 is 0 Å². The van der Waals surface area contributed by atoms with Gasteiger partial charge in [-0.15, -0.1) is 0 Å². The topological polar surface area (TPSA) is 38.3 Å². The van der Waals surface area contributed by atoms with Crippen LogP contribution in [0.25, 0.3) is 0 Å². The van der Waals surface area contributed by atoms with Gasteiger partial charge in [0.2, 0.25) is 0 Å². The third kappa shape index (κ3) is 2.70. The van der Waals surface area contributed by atoms with Crippen LogP contribution >= 0.6 is 0 Å². The SMILES string of the molecule is CCOC1CC(NC(=O)c2ccc(F)cc2C)C1(C)C. The molecule has 0 saturated heterocycles. The average molecular weight is 279 g/mol. The first kappa shape index (κ1) is 15.0. The Hall–Kier alpha value is -1.42. The van der Waals surface area contributed by atoms with Crippen molar-refractivity contribution in [2.45, 2.75) is 46.3 Å². The van der Waals surface area contributed by atoms with E-state index in [0.717, 1.165) is 6.42 Å². The van der Waals surface area contributed by atoms with E-state index in [1.54, 1.807) is 6.92 Å².